The van der Waals surface area contributed by atoms with E-state index in [0.29, 0.717) is 29.5 Å². The highest BCUT2D eigenvalue weighted by molar-refractivity contribution is 5.81. The van der Waals surface area contributed by atoms with E-state index >= 15 is 0 Å². The normalized spacial score (nSPS) is 11.1. The quantitative estimate of drug-likeness (QED) is 0.416. The number of benzene rings is 2. The van der Waals surface area contributed by atoms with Crippen molar-refractivity contribution in [2.45, 2.75) is 33.1 Å². The van der Waals surface area contributed by atoms with E-state index in [9.17, 15) is 4.79 Å². The van der Waals surface area contributed by atoms with Gasteiger partial charge in [-0.25, -0.2) is 4.98 Å². The number of para-hydroxylation sites is 1. The number of carbonyl (C=O) groups is 1. The minimum atomic E-state index is 0.0682. The Morgan fingerprint density at radius 3 is 2.65 bits per heavy atom. The Morgan fingerprint density at radius 2 is 1.87 bits per heavy atom. The first-order valence-electron chi connectivity index (χ1n) is 10.4. The molecule has 6 nitrogen and oxygen atoms in total. The van der Waals surface area contributed by atoms with E-state index in [1.165, 1.54) is 5.56 Å². The Bertz CT molecular complexity index is 1240. The third-order valence-corrected chi connectivity index (χ3v) is 5.14. The smallest absolute Gasteiger partial charge is 0.208 e. The van der Waals surface area contributed by atoms with Crippen LogP contribution in [-0.4, -0.2) is 20.3 Å². The van der Waals surface area contributed by atoms with Crippen LogP contribution in [0.4, 0.5) is 11.6 Å². The number of pyridine rings is 1. The topological polar surface area (TPSA) is 69.0 Å². The lowest BCUT2D eigenvalue weighted by molar-refractivity contribution is -0.116. The third kappa shape index (κ3) is 4.58. The molecule has 0 spiro atoms. The highest BCUT2D eigenvalue weighted by Crippen LogP contribution is 2.30. The first-order valence-corrected chi connectivity index (χ1v) is 10.4. The molecule has 2 aromatic heterocycles. The van der Waals surface area contributed by atoms with Gasteiger partial charge in [0.05, 0.1) is 16.7 Å². The molecular weight excluding hydrogens is 388 g/mol. The first-order chi connectivity index (χ1) is 14.9. The molecule has 0 aliphatic heterocycles. The highest BCUT2D eigenvalue weighted by Gasteiger charge is 2.12. The summed E-state index contributed by atoms with van der Waals surface area (Å²) >= 11 is 0. The van der Waals surface area contributed by atoms with Crippen LogP contribution in [-0.2, 0) is 18.3 Å². The SMILES string of the molecule is CC(=O)Cc1cc(Oc2ccc3c(c2)nc(Nc2ccccc2C(C)C)n3C)ccn1. The molecule has 0 saturated carbocycles. The van der Waals surface area contributed by atoms with E-state index in [2.05, 4.69) is 42.3 Å². The maximum Gasteiger partial charge on any atom is 0.208 e. The molecule has 0 fully saturated rings. The van der Waals surface area contributed by atoms with Gasteiger partial charge >= 0.3 is 0 Å². The van der Waals surface area contributed by atoms with Crippen LogP contribution in [0.3, 0.4) is 0 Å². The first kappa shape index (κ1) is 20.6. The van der Waals surface area contributed by atoms with E-state index in [4.69, 9.17) is 9.72 Å². The molecule has 31 heavy (non-hydrogen) atoms. The van der Waals surface area contributed by atoms with Crippen LogP contribution in [0.25, 0.3) is 11.0 Å². The number of ketones is 1. The molecule has 6 heteroatoms. The van der Waals surface area contributed by atoms with Crippen LogP contribution in [0.2, 0.25) is 0 Å². The second-order valence-electron chi connectivity index (χ2n) is 7.98. The molecular formula is C25H26N4O2. The van der Waals surface area contributed by atoms with Gasteiger partial charge in [0.25, 0.3) is 0 Å². The number of ether oxygens (including phenoxy) is 1. The van der Waals surface area contributed by atoms with Gasteiger partial charge in [0.1, 0.15) is 17.3 Å². The van der Waals surface area contributed by atoms with Crippen LogP contribution < -0.4 is 10.1 Å². The summed E-state index contributed by atoms with van der Waals surface area (Å²) in [7, 11) is 1.99. The number of carbonyl (C=O) groups excluding carboxylic acids is 1. The largest absolute Gasteiger partial charge is 0.457 e. The number of fused-ring (bicyclic) bond motifs is 1. The van der Waals surface area contributed by atoms with Crippen molar-refractivity contribution in [2.24, 2.45) is 7.05 Å². The van der Waals surface area contributed by atoms with Crippen molar-refractivity contribution in [3.05, 3.63) is 72.1 Å². The van der Waals surface area contributed by atoms with Gasteiger partial charge in [-0.05, 0) is 42.7 Å². The number of hydrogen-bond acceptors (Lipinski definition) is 5. The molecule has 0 atom stereocenters. The fourth-order valence-corrected chi connectivity index (χ4v) is 3.60. The lowest BCUT2D eigenvalue weighted by Crippen LogP contribution is -2.02. The molecule has 0 saturated heterocycles. The van der Waals surface area contributed by atoms with Crippen molar-refractivity contribution in [1.29, 1.82) is 0 Å². The van der Waals surface area contributed by atoms with Crippen molar-refractivity contribution in [3.63, 3.8) is 0 Å². The summed E-state index contributed by atoms with van der Waals surface area (Å²) in [6.07, 6.45) is 1.95. The standard InChI is InChI=1S/C25H26N4O2/c1-16(2)21-7-5-6-8-22(21)27-25-28-23-15-19(9-10-24(23)29(25)4)31-20-11-12-26-18(14-20)13-17(3)30/h5-12,14-16H,13H2,1-4H3,(H,27,28). The number of imidazole rings is 1. The lowest BCUT2D eigenvalue weighted by atomic mass is 10.0. The van der Waals surface area contributed by atoms with Gasteiger partial charge in [-0.15, -0.1) is 0 Å². The number of rotatable bonds is 7. The fourth-order valence-electron chi connectivity index (χ4n) is 3.60. The molecule has 0 amide bonds. The highest BCUT2D eigenvalue weighted by atomic mass is 16.5. The summed E-state index contributed by atoms with van der Waals surface area (Å²) in [5.41, 5.74) is 4.84. The van der Waals surface area contributed by atoms with Gasteiger partial charge in [-0.1, -0.05) is 32.0 Å². The lowest BCUT2D eigenvalue weighted by Gasteiger charge is -2.14. The summed E-state index contributed by atoms with van der Waals surface area (Å²) < 4.78 is 8.04. The second-order valence-corrected chi connectivity index (χ2v) is 7.98. The van der Waals surface area contributed by atoms with Gasteiger partial charge < -0.3 is 14.6 Å². The number of anilines is 2. The summed E-state index contributed by atoms with van der Waals surface area (Å²) in [5.74, 6) is 2.57. The Balaban J connectivity index is 1.60. The van der Waals surface area contributed by atoms with Crippen LogP contribution >= 0.6 is 0 Å². The van der Waals surface area contributed by atoms with Gasteiger partial charge in [-0.3, -0.25) is 9.78 Å². The summed E-state index contributed by atoms with van der Waals surface area (Å²) in [6.45, 7) is 5.91. The zero-order valence-corrected chi connectivity index (χ0v) is 18.2. The van der Waals surface area contributed by atoms with Crippen molar-refractivity contribution >= 4 is 28.5 Å². The van der Waals surface area contributed by atoms with Gasteiger partial charge in [0.2, 0.25) is 5.95 Å². The molecule has 158 valence electrons. The molecule has 0 radical (unpaired) electrons. The second kappa shape index (κ2) is 8.60. The summed E-state index contributed by atoms with van der Waals surface area (Å²) in [4.78, 5) is 20.4. The maximum atomic E-state index is 11.4. The predicted octanol–water partition coefficient (Wildman–Crippen LogP) is 5.76. The Morgan fingerprint density at radius 1 is 1.10 bits per heavy atom. The van der Waals surface area contributed by atoms with Gasteiger partial charge in [0.15, 0.2) is 0 Å². The molecule has 2 aromatic carbocycles. The average molecular weight is 415 g/mol. The summed E-state index contributed by atoms with van der Waals surface area (Å²) in [6, 6.07) is 17.7. The Kier molecular flexibility index (Phi) is 5.71. The van der Waals surface area contributed by atoms with E-state index in [0.717, 1.165) is 22.7 Å². The van der Waals surface area contributed by atoms with Gasteiger partial charge in [0, 0.05) is 37.5 Å². The van der Waals surface area contributed by atoms with Crippen molar-refractivity contribution < 1.29 is 9.53 Å². The molecule has 1 N–H and O–H groups in total. The number of aryl methyl sites for hydroxylation is 1. The number of nitrogens with one attached hydrogen (secondary N) is 1. The summed E-state index contributed by atoms with van der Waals surface area (Å²) in [5, 5.41) is 3.48. The number of hydrogen-bond donors (Lipinski definition) is 1. The van der Waals surface area contributed by atoms with E-state index < -0.39 is 0 Å². The van der Waals surface area contributed by atoms with Crippen LogP contribution in [0.15, 0.2) is 60.8 Å². The molecule has 0 unspecified atom stereocenters. The van der Waals surface area contributed by atoms with Crippen LogP contribution in [0.5, 0.6) is 11.5 Å². The zero-order valence-electron chi connectivity index (χ0n) is 18.2. The van der Waals surface area contributed by atoms with Crippen molar-refractivity contribution in [3.8, 4) is 11.5 Å². The third-order valence-electron chi connectivity index (χ3n) is 5.14. The monoisotopic (exact) mass is 414 g/mol. The maximum absolute atomic E-state index is 11.4. The average Bonchev–Trinajstić information content (AvgIpc) is 3.03. The predicted molar refractivity (Wildman–Crippen MR) is 123 cm³/mol. The Labute approximate surface area is 181 Å². The molecule has 0 aliphatic carbocycles. The molecule has 4 aromatic rings. The van der Waals surface area contributed by atoms with Crippen LogP contribution in [0, 0.1) is 0 Å². The number of aromatic nitrogens is 3. The fraction of sp³-hybridized carbons (Fsp3) is 0.240. The molecule has 0 bridgehead atoms. The van der Waals surface area contributed by atoms with Gasteiger partial charge in [-0.2, -0.15) is 0 Å². The molecule has 4 rings (SSSR count). The Hall–Kier alpha value is -3.67. The molecule has 2 heterocycles. The minimum Gasteiger partial charge on any atom is -0.457 e. The van der Waals surface area contributed by atoms with E-state index in [1.807, 2.05) is 35.9 Å². The van der Waals surface area contributed by atoms with E-state index in [1.54, 1.807) is 25.3 Å². The van der Waals surface area contributed by atoms with Crippen molar-refractivity contribution in [2.75, 3.05) is 5.32 Å². The van der Waals surface area contributed by atoms with Crippen LogP contribution in [0.1, 0.15) is 37.9 Å². The number of Topliss-reactive ketones (excluding diaryl/α,β-unsaturated/α-hetero) is 1. The van der Waals surface area contributed by atoms with E-state index in [-0.39, 0.29) is 5.78 Å². The van der Waals surface area contributed by atoms with Crippen molar-refractivity contribution in [1.82, 2.24) is 14.5 Å². The number of nitrogens with zero attached hydrogens (tertiary/aromatic N) is 3. The zero-order chi connectivity index (χ0) is 22.0. The molecule has 0 aliphatic rings. The minimum absolute atomic E-state index is 0.0682.